The molecule has 0 N–H and O–H groups in total. The number of hydrogen-bond acceptors (Lipinski definition) is 2. The van der Waals surface area contributed by atoms with Gasteiger partial charge in [0.1, 0.15) is 0 Å². The fourth-order valence-corrected chi connectivity index (χ4v) is 1.38. The van der Waals surface area contributed by atoms with Crippen molar-refractivity contribution in [1.29, 1.82) is 0 Å². The molecule has 0 saturated heterocycles. The second-order valence-electron chi connectivity index (χ2n) is 3.88. The molecule has 0 heterocycles. The molecule has 0 fully saturated rings. The summed E-state index contributed by atoms with van der Waals surface area (Å²) in [7, 11) is 3.16. The first-order valence-electron chi connectivity index (χ1n) is 5.83. The van der Waals surface area contributed by atoms with Crippen molar-refractivity contribution < 1.29 is 9.59 Å². The summed E-state index contributed by atoms with van der Waals surface area (Å²) in [5.74, 6) is -0.331. The Labute approximate surface area is 107 Å². The third kappa shape index (κ3) is 3.73. The maximum atomic E-state index is 11.8. The second-order valence-corrected chi connectivity index (χ2v) is 3.88. The normalized spacial score (nSPS) is 10.4. The fraction of sp³-hybridized carbons (Fsp3) is 0.286. The quantitative estimate of drug-likeness (QED) is 0.604. The Hall–Kier alpha value is -2.10. The smallest absolute Gasteiger partial charge is 0.264 e. The van der Waals surface area contributed by atoms with Crippen LogP contribution < -0.4 is 0 Å². The van der Waals surface area contributed by atoms with Gasteiger partial charge in [-0.15, -0.1) is 0 Å². The van der Waals surface area contributed by atoms with Crippen molar-refractivity contribution in [3.05, 3.63) is 42.0 Å². The van der Waals surface area contributed by atoms with E-state index in [1.807, 2.05) is 30.3 Å². The van der Waals surface area contributed by atoms with E-state index in [2.05, 4.69) is 0 Å². The van der Waals surface area contributed by atoms with Gasteiger partial charge in [0.2, 0.25) is 5.91 Å². The van der Waals surface area contributed by atoms with E-state index in [-0.39, 0.29) is 11.8 Å². The first-order chi connectivity index (χ1) is 8.56. The number of amides is 2. The van der Waals surface area contributed by atoms with Gasteiger partial charge in [-0.2, -0.15) is 0 Å². The number of hydrogen-bond donors (Lipinski definition) is 0. The van der Waals surface area contributed by atoms with Crippen molar-refractivity contribution in [2.75, 3.05) is 14.1 Å². The summed E-state index contributed by atoms with van der Waals surface area (Å²) in [6, 6.07) is 9.54. The Kier molecular flexibility index (Phi) is 5.11. The van der Waals surface area contributed by atoms with Crippen molar-refractivity contribution in [3.63, 3.8) is 0 Å². The molecule has 0 spiro atoms. The van der Waals surface area contributed by atoms with Gasteiger partial charge in [-0.3, -0.25) is 19.6 Å². The molecular weight excluding hydrogens is 228 g/mol. The summed E-state index contributed by atoms with van der Waals surface area (Å²) in [6.07, 6.45) is 3.55. The van der Waals surface area contributed by atoms with Crippen LogP contribution in [0.15, 0.2) is 36.4 Å². The number of hydrazine groups is 1. The van der Waals surface area contributed by atoms with Crippen LogP contribution in [0.3, 0.4) is 0 Å². The van der Waals surface area contributed by atoms with Crippen LogP contribution >= 0.6 is 0 Å². The van der Waals surface area contributed by atoms with Crippen LogP contribution in [-0.2, 0) is 9.59 Å². The maximum absolute atomic E-state index is 11.8. The van der Waals surface area contributed by atoms with Crippen LogP contribution in [0.2, 0.25) is 0 Å². The molecule has 0 radical (unpaired) electrons. The molecule has 4 nitrogen and oxygen atoms in total. The lowest BCUT2D eigenvalue weighted by molar-refractivity contribution is -0.154. The average molecular weight is 246 g/mol. The minimum absolute atomic E-state index is 0.0982. The molecule has 0 aliphatic carbocycles. The van der Waals surface area contributed by atoms with Gasteiger partial charge in [0.25, 0.3) is 5.91 Å². The third-order valence-electron chi connectivity index (χ3n) is 2.65. The molecular formula is C14H18N2O2. The van der Waals surface area contributed by atoms with Crippen molar-refractivity contribution >= 4 is 17.9 Å². The summed E-state index contributed by atoms with van der Waals surface area (Å²) in [4.78, 5) is 23.3. The number of carbonyl (C=O) groups excluding carboxylic acids is 2. The van der Waals surface area contributed by atoms with Gasteiger partial charge in [-0.1, -0.05) is 37.3 Å². The monoisotopic (exact) mass is 246 g/mol. The van der Waals surface area contributed by atoms with Crippen molar-refractivity contribution in [2.24, 2.45) is 0 Å². The Morgan fingerprint density at radius 1 is 1.11 bits per heavy atom. The van der Waals surface area contributed by atoms with Crippen LogP contribution in [0.5, 0.6) is 0 Å². The molecule has 1 aromatic carbocycles. The topological polar surface area (TPSA) is 40.6 Å². The number of rotatable bonds is 3. The predicted molar refractivity (Wildman–Crippen MR) is 71.3 cm³/mol. The first-order valence-corrected chi connectivity index (χ1v) is 5.83. The Morgan fingerprint density at radius 2 is 1.72 bits per heavy atom. The van der Waals surface area contributed by atoms with Gasteiger partial charge in [0.15, 0.2) is 0 Å². The minimum atomic E-state index is -0.233. The molecule has 0 aliphatic heterocycles. The largest absolute Gasteiger partial charge is 0.273 e. The van der Waals surface area contributed by atoms with Gasteiger partial charge in [-0.25, -0.2) is 0 Å². The van der Waals surface area contributed by atoms with Crippen LogP contribution in [0.4, 0.5) is 0 Å². The Morgan fingerprint density at radius 3 is 2.28 bits per heavy atom. The highest BCUT2D eigenvalue weighted by Crippen LogP contribution is 2.03. The molecule has 1 rings (SSSR count). The van der Waals surface area contributed by atoms with Crippen molar-refractivity contribution in [2.45, 2.75) is 13.3 Å². The number of carbonyl (C=O) groups is 2. The highest BCUT2D eigenvalue weighted by molar-refractivity contribution is 5.92. The van der Waals surface area contributed by atoms with E-state index in [1.165, 1.54) is 16.1 Å². The fourth-order valence-electron chi connectivity index (χ4n) is 1.38. The van der Waals surface area contributed by atoms with Gasteiger partial charge in [0.05, 0.1) is 0 Å². The molecule has 0 aliphatic rings. The number of nitrogens with zero attached hydrogens (tertiary/aromatic N) is 2. The standard InChI is InChI=1S/C14H18N2O2/c1-4-13(17)15(2)16(3)14(18)11-10-12-8-6-5-7-9-12/h5-11H,4H2,1-3H3/b11-10+. The zero-order valence-electron chi connectivity index (χ0n) is 11.0. The first kappa shape index (κ1) is 14.0. The summed E-state index contributed by atoms with van der Waals surface area (Å²) in [5, 5.41) is 2.61. The molecule has 96 valence electrons. The van der Waals surface area contributed by atoms with E-state index >= 15 is 0 Å². The maximum Gasteiger partial charge on any atom is 0.264 e. The SMILES string of the molecule is CCC(=O)N(C)N(C)C(=O)/C=C/c1ccccc1. The summed E-state index contributed by atoms with van der Waals surface area (Å²) in [5.41, 5.74) is 0.948. The molecule has 0 unspecified atom stereocenters. The second kappa shape index (κ2) is 6.59. The van der Waals surface area contributed by atoms with E-state index in [4.69, 9.17) is 0 Å². The lowest BCUT2D eigenvalue weighted by Crippen LogP contribution is -2.43. The van der Waals surface area contributed by atoms with Crippen LogP contribution in [0, 0.1) is 0 Å². The molecule has 0 aromatic heterocycles. The summed E-state index contributed by atoms with van der Waals surface area (Å²) < 4.78 is 0. The lowest BCUT2D eigenvalue weighted by atomic mass is 10.2. The lowest BCUT2D eigenvalue weighted by Gasteiger charge is -2.26. The molecule has 4 heteroatoms. The highest BCUT2D eigenvalue weighted by Gasteiger charge is 2.14. The van der Waals surface area contributed by atoms with E-state index in [0.717, 1.165) is 5.56 Å². The molecule has 1 aromatic rings. The van der Waals surface area contributed by atoms with E-state index in [9.17, 15) is 9.59 Å². The molecule has 0 atom stereocenters. The van der Waals surface area contributed by atoms with Crippen molar-refractivity contribution in [1.82, 2.24) is 10.0 Å². The van der Waals surface area contributed by atoms with Crippen LogP contribution in [-0.4, -0.2) is 35.9 Å². The average Bonchev–Trinajstić information content (AvgIpc) is 2.43. The minimum Gasteiger partial charge on any atom is -0.273 e. The van der Waals surface area contributed by atoms with E-state index in [1.54, 1.807) is 27.1 Å². The van der Waals surface area contributed by atoms with Gasteiger partial charge in [0, 0.05) is 26.6 Å². The van der Waals surface area contributed by atoms with Gasteiger partial charge in [-0.05, 0) is 11.6 Å². The van der Waals surface area contributed by atoms with Crippen molar-refractivity contribution in [3.8, 4) is 0 Å². The van der Waals surface area contributed by atoms with Gasteiger partial charge < -0.3 is 0 Å². The third-order valence-corrected chi connectivity index (χ3v) is 2.65. The van der Waals surface area contributed by atoms with E-state index in [0.29, 0.717) is 6.42 Å². The summed E-state index contributed by atoms with van der Waals surface area (Å²) >= 11 is 0. The van der Waals surface area contributed by atoms with Crippen LogP contribution in [0.25, 0.3) is 6.08 Å². The van der Waals surface area contributed by atoms with E-state index < -0.39 is 0 Å². The Balaban J connectivity index is 2.66. The highest BCUT2D eigenvalue weighted by atomic mass is 16.2. The molecule has 18 heavy (non-hydrogen) atoms. The number of benzene rings is 1. The zero-order valence-corrected chi connectivity index (χ0v) is 11.0. The van der Waals surface area contributed by atoms with Crippen LogP contribution in [0.1, 0.15) is 18.9 Å². The molecule has 0 bridgehead atoms. The Bertz CT molecular complexity index is 440. The molecule has 2 amide bonds. The van der Waals surface area contributed by atoms with Gasteiger partial charge >= 0.3 is 0 Å². The predicted octanol–water partition coefficient (Wildman–Crippen LogP) is 1.94. The zero-order chi connectivity index (χ0) is 13.5. The number of likely N-dealkylation sites (N-methyl/N-ethyl adjacent to an activating group) is 1. The molecule has 0 saturated carbocycles. The summed E-state index contributed by atoms with van der Waals surface area (Å²) in [6.45, 7) is 1.76.